The van der Waals surface area contributed by atoms with Crippen molar-refractivity contribution in [3.8, 4) is 0 Å². The number of aryl methyl sites for hydroxylation is 1. The van der Waals surface area contributed by atoms with Gasteiger partial charge in [0.2, 0.25) is 0 Å². The number of pyridine rings is 1. The maximum Gasteiger partial charge on any atom is 0.255 e. The molecule has 0 unspecified atom stereocenters. The van der Waals surface area contributed by atoms with E-state index >= 15 is 0 Å². The average molecular weight is 422 g/mol. The maximum atomic E-state index is 12.6. The summed E-state index contributed by atoms with van der Waals surface area (Å²) in [7, 11) is 0. The van der Waals surface area contributed by atoms with Gasteiger partial charge in [0.25, 0.3) is 5.91 Å². The van der Waals surface area contributed by atoms with Crippen molar-refractivity contribution in [3.05, 3.63) is 102 Å². The lowest BCUT2D eigenvalue weighted by atomic mass is 9.99. The fourth-order valence-corrected chi connectivity index (χ4v) is 4.63. The molecule has 5 rings (SSSR count). The lowest BCUT2D eigenvalue weighted by Crippen LogP contribution is -2.21. The molecule has 1 N–H and O–H groups in total. The third-order valence-corrected chi connectivity index (χ3v) is 6.20. The van der Waals surface area contributed by atoms with E-state index in [1.165, 1.54) is 17.7 Å². The minimum atomic E-state index is -0.101. The predicted octanol–water partition coefficient (Wildman–Crippen LogP) is 5.86. The Morgan fingerprint density at radius 3 is 2.53 bits per heavy atom. The van der Waals surface area contributed by atoms with Crippen LogP contribution in [-0.4, -0.2) is 24.0 Å². The molecular weight excluding hydrogens is 394 g/mol. The van der Waals surface area contributed by atoms with Crippen LogP contribution in [0.1, 0.15) is 28.0 Å². The van der Waals surface area contributed by atoms with E-state index in [4.69, 9.17) is 4.98 Å². The van der Waals surface area contributed by atoms with E-state index in [0.717, 1.165) is 41.8 Å². The minimum absolute atomic E-state index is 0.101. The minimum Gasteiger partial charge on any atom is -0.371 e. The van der Waals surface area contributed by atoms with Crippen LogP contribution in [0, 0.1) is 12.8 Å². The largest absolute Gasteiger partial charge is 0.371 e. The van der Waals surface area contributed by atoms with Gasteiger partial charge >= 0.3 is 0 Å². The molecule has 0 radical (unpaired) electrons. The van der Waals surface area contributed by atoms with Gasteiger partial charge in [-0.1, -0.05) is 48.5 Å². The summed E-state index contributed by atoms with van der Waals surface area (Å²) in [6.45, 7) is 4.12. The van der Waals surface area contributed by atoms with E-state index in [0.29, 0.717) is 11.5 Å². The molecule has 1 saturated heterocycles. The highest BCUT2D eigenvalue weighted by Crippen LogP contribution is 2.33. The Morgan fingerprint density at radius 2 is 1.75 bits per heavy atom. The molecule has 1 aliphatic heterocycles. The van der Waals surface area contributed by atoms with Crippen molar-refractivity contribution >= 4 is 28.2 Å². The third kappa shape index (κ3) is 4.35. The second-order valence-corrected chi connectivity index (χ2v) is 8.63. The number of fused-ring (bicyclic) bond motifs is 1. The zero-order chi connectivity index (χ0) is 21.9. The highest BCUT2D eigenvalue weighted by molar-refractivity contribution is 6.05. The number of benzene rings is 3. The monoisotopic (exact) mass is 421 g/mol. The summed E-state index contributed by atoms with van der Waals surface area (Å²) < 4.78 is 0. The summed E-state index contributed by atoms with van der Waals surface area (Å²) in [5, 5.41) is 4.12. The normalized spacial score (nSPS) is 15.8. The highest BCUT2D eigenvalue weighted by Gasteiger charge is 2.24. The smallest absolute Gasteiger partial charge is 0.255 e. The number of hydrogen-bond acceptors (Lipinski definition) is 3. The highest BCUT2D eigenvalue weighted by atomic mass is 16.1. The van der Waals surface area contributed by atoms with Gasteiger partial charge in [-0.15, -0.1) is 0 Å². The summed E-state index contributed by atoms with van der Waals surface area (Å²) in [5.74, 6) is 0.539. The van der Waals surface area contributed by atoms with Crippen LogP contribution in [0.5, 0.6) is 0 Å². The van der Waals surface area contributed by atoms with Crippen molar-refractivity contribution in [2.75, 3.05) is 23.3 Å². The van der Waals surface area contributed by atoms with Crippen LogP contribution in [0.25, 0.3) is 10.9 Å². The van der Waals surface area contributed by atoms with Gasteiger partial charge in [-0.05, 0) is 67.6 Å². The van der Waals surface area contributed by atoms with E-state index < -0.39 is 0 Å². The summed E-state index contributed by atoms with van der Waals surface area (Å²) in [4.78, 5) is 19.8. The second-order valence-electron chi connectivity index (χ2n) is 8.63. The lowest BCUT2D eigenvalue weighted by Gasteiger charge is -2.22. The summed E-state index contributed by atoms with van der Waals surface area (Å²) in [6.07, 6.45) is 2.29. The molecule has 1 amide bonds. The van der Waals surface area contributed by atoms with Crippen LogP contribution in [0.4, 0.5) is 11.4 Å². The van der Waals surface area contributed by atoms with Crippen molar-refractivity contribution in [3.63, 3.8) is 0 Å². The maximum absolute atomic E-state index is 12.6. The quantitative estimate of drug-likeness (QED) is 0.439. The summed E-state index contributed by atoms with van der Waals surface area (Å²) >= 11 is 0. The molecule has 2 heterocycles. The third-order valence-electron chi connectivity index (χ3n) is 6.20. The first-order chi connectivity index (χ1) is 15.7. The van der Waals surface area contributed by atoms with Crippen LogP contribution in [0.2, 0.25) is 0 Å². The molecule has 4 heteroatoms. The van der Waals surface area contributed by atoms with Crippen molar-refractivity contribution in [1.29, 1.82) is 0 Å². The van der Waals surface area contributed by atoms with Crippen molar-refractivity contribution in [2.45, 2.75) is 19.8 Å². The number of anilines is 2. The van der Waals surface area contributed by atoms with Gasteiger partial charge in [-0.3, -0.25) is 9.78 Å². The fourth-order valence-electron chi connectivity index (χ4n) is 4.63. The molecule has 4 nitrogen and oxygen atoms in total. The average Bonchev–Trinajstić information content (AvgIpc) is 3.28. The number of carbonyl (C=O) groups is 1. The molecule has 1 atom stereocenters. The molecule has 4 aromatic rings. The first-order valence-corrected chi connectivity index (χ1v) is 11.2. The summed E-state index contributed by atoms with van der Waals surface area (Å²) in [6, 6.07) is 28.2. The van der Waals surface area contributed by atoms with Gasteiger partial charge in [0.1, 0.15) is 0 Å². The molecule has 0 aliphatic carbocycles. The SMILES string of the molecule is Cc1cc(N2CC[C@H](Cc3ccccc3)C2)c2cc(NC(=O)c3ccccc3)ccc2n1. The Hall–Kier alpha value is -3.66. The Morgan fingerprint density at radius 1 is 1.00 bits per heavy atom. The molecular formula is C28H27N3O. The molecule has 1 fully saturated rings. The molecule has 160 valence electrons. The summed E-state index contributed by atoms with van der Waals surface area (Å²) in [5.41, 5.74) is 6.03. The van der Waals surface area contributed by atoms with Crippen molar-refractivity contribution in [2.24, 2.45) is 5.92 Å². The van der Waals surface area contributed by atoms with Gasteiger partial charge in [0.05, 0.1) is 5.52 Å². The first-order valence-electron chi connectivity index (χ1n) is 11.2. The van der Waals surface area contributed by atoms with Gasteiger partial charge in [-0.2, -0.15) is 0 Å². The molecule has 32 heavy (non-hydrogen) atoms. The van der Waals surface area contributed by atoms with E-state index in [2.05, 4.69) is 52.7 Å². The van der Waals surface area contributed by atoms with Crippen molar-refractivity contribution in [1.82, 2.24) is 4.98 Å². The Bertz CT molecular complexity index is 1240. The van der Waals surface area contributed by atoms with E-state index in [1.807, 2.05) is 49.4 Å². The zero-order valence-electron chi connectivity index (χ0n) is 18.3. The van der Waals surface area contributed by atoms with E-state index in [9.17, 15) is 4.79 Å². The van der Waals surface area contributed by atoms with Crippen LogP contribution < -0.4 is 10.2 Å². The van der Waals surface area contributed by atoms with Gasteiger partial charge in [0.15, 0.2) is 0 Å². The van der Waals surface area contributed by atoms with E-state index in [-0.39, 0.29) is 5.91 Å². The standard InChI is InChI=1S/C28H27N3O/c1-20-16-27(31-15-14-22(19-31)17-21-8-4-2-5-9-21)25-18-24(12-13-26(25)29-20)30-28(32)23-10-6-3-7-11-23/h2-13,16,18,22H,14-15,17,19H2,1H3,(H,30,32)/t22-/m1/s1. The molecule has 0 spiro atoms. The predicted molar refractivity (Wildman–Crippen MR) is 131 cm³/mol. The zero-order valence-corrected chi connectivity index (χ0v) is 18.3. The number of carbonyl (C=O) groups excluding carboxylic acids is 1. The number of hydrogen-bond donors (Lipinski definition) is 1. The molecule has 3 aromatic carbocycles. The molecule has 1 aliphatic rings. The number of nitrogens with one attached hydrogen (secondary N) is 1. The van der Waals surface area contributed by atoms with Crippen molar-refractivity contribution < 1.29 is 4.79 Å². The first kappa shape index (κ1) is 20.3. The number of aromatic nitrogens is 1. The Kier molecular flexibility index (Phi) is 5.59. The molecule has 0 bridgehead atoms. The van der Waals surface area contributed by atoms with Gasteiger partial charge in [-0.25, -0.2) is 0 Å². The van der Waals surface area contributed by atoms with Crippen LogP contribution in [0.3, 0.4) is 0 Å². The number of rotatable bonds is 5. The Balaban J connectivity index is 1.40. The van der Waals surface area contributed by atoms with Gasteiger partial charge < -0.3 is 10.2 Å². The number of amides is 1. The lowest BCUT2D eigenvalue weighted by molar-refractivity contribution is 0.102. The van der Waals surface area contributed by atoms with Crippen LogP contribution >= 0.6 is 0 Å². The second kappa shape index (κ2) is 8.83. The molecule has 1 aromatic heterocycles. The molecule has 0 saturated carbocycles. The van der Waals surface area contributed by atoms with Crippen LogP contribution in [-0.2, 0) is 6.42 Å². The van der Waals surface area contributed by atoms with Gasteiger partial charge in [0, 0.05) is 41.1 Å². The number of nitrogens with zero attached hydrogens (tertiary/aromatic N) is 2. The van der Waals surface area contributed by atoms with Crippen LogP contribution in [0.15, 0.2) is 84.9 Å². The fraction of sp³-hybridized carbons (Fsp3) is 0.214. The van der Waals surface area contributed by atoms with E-state index in [1.54, 1.807) is 0 Å². The Labute approximate surface area is 188 Å². The topological polar surface area (TPSA) is 45.2 Å².